The molecule has 1 aromatic heterocycles. The molecular formula is C15H22N2O. The molecule has 1 heterocycles. The normalized spacial score (nSPS) is 13.1. The highest BCUT2D eigenvalue weighted by Crippen LogP contribution is 2.22. The Bertz CT molecular complexity index is 504. The van der Waals surface area contributed by atoms with Gasteiger partial charge in [0, 0.05) is 36.8 Å². The molecule has 0 radical (unpaired) electrons. The Balaban J connectivity index is 2.34. The van der Waals surface area contributed by atoms with Crippen LogP contribution in [0.1, 0.15) is 19.4 Å². The predicted octanol–water partition coefficient (Wildman–Crippen LogP) is 2.38. The van der Waals surface area contributed by atoms with Crippen LogP contribution in [0.5, 0.6) is 0 Å². The summed E-state index contributed by atoms with van der Waals surface area (Å²) in [5, 5.41) is 13.9. The van der Waals surface area contributed by atoms with Gasteiger partial charge in [-0.1, -0.05) is 32.0 Å². The first kappa shape index (κ1) is 13.1. The number of fused-ring (bicyclic) bond motifs is 1. The summed E-state index contributed by atoms with van der Waals surface area (Å²) in [7, 11) is 0. The van der Waals surface area contributed by atoms with Gasteiger partial charge in [0.2, 0.25) is 0 Å². The number of hydrogen-bond acceptors (Lipinski definition) is 2. The van der Waals surface area contributed by atoms with Crippen molar-refractivity contribution in [2.75, 3.05) is 13.2 Å². The van der Waals surface area contributed by atoms with Gasteiger partial charge in [0.1, 0.15) is 0 Å². The van der Waals surface area contributed by atoms with E-state index < -0.39 is 0 Å². The number of benzene rings is 1. The van der Waals surface area contributed by atoms with E-state index in [1.54, 1.807) is 0 Å². The molecule has 2 N–H and O–H groups in total. The van der Waals surface area contributed by atoms with Gasteiger partial charge in [0.05, 0.1) is 0 Å². The summed E-state index contributed by atoms with van der Waals surface area (Å²) in [4.78, 5) is 0. The lowest BCUT2D eigenvalue weighted by Crippen LogP contribution is -2.12. The van der Waals surface area contributed by atoms with Crippen molar-refractivity contribution >= 4 is 10.9 Å². The lowest BCUT2D eigenvalue weighted by Gasteiger charge is -2.10. The van der Waals surface area contributed by atoms with Gasteiger partial charge in [-0.25, -0.2) is 0 Å². The quantitative estimate of drug-likeness (QED) is 0.821. The predicted molar refractivity (Wildman–Crippen MR) is 75.6 cm³/mol. The maximum atomic E-state index is 9.19. The molecule has 1 aromatic carbocycles. The third-order valence-corrected chi connectivity index (χ3v) is 3.26. The van der Waals surface area contributed by atoms with Gasteiger partial charge in [-0.2, -0.15) is 0 Å². The summed E-state index contributed by atoms with van der Waals surface area (Å²) in [5.41, 5.74) is 2.59. The largest absolute Gasteiger partial charge is 0.396 e. The molecule has 0 saturated carbocycles. The molecule has 2 rings (SSSR count). The highest BCUT2D eigenvalue weighted by molar-refractivity contribution is 5.83. The molecule has 0 amide bonds. The summed E-state index contributed by atoms with van der Waals surface area (Å²) in [6, 6.07) is 8.47. The van der Waals surface area contributed by atoms with E-state index in [4.69, 9.17) is 0 Å². The Morgan fingerprint density at radius 1 is 1.33 bits per heavy atom. The minimum atomic E-state index is 0.231. The van der Waals surface area contributed by atoms with E-state index in [1.165, 1.54) is 16.5 Å². The van der Waals surface area contributed by atoms with Gasteiger partial charge in [0.25, 0.3) is 0 Å². The zero-order valence-corrected chi connectivity index (χ0v) is 11.2. The van der Waals surface area contributed by atoms with Crippen molar-refractivity contribution in [1.29, 1.82) is 0 Å². The number of nitrogens with zero attached hydrogens (tertiary/aromatic N) is 1. The van der Waals surface area contributed by atoms with E-state index >= 15 is 0 Å². The highest BCUT2D eigenvalue weighted by Gasteiger charge is 2.09. The second-order valence-electron chi connectivity index (χ2n) is 4.89. The van der Waals surface area contributed by atoms with Crippen molar-refractivity contribution in [3.63, 3.8) is 0 Å². The van der Waals surface area contributed by atoms with Crippen LogP contribution < -0.4 is 5.32 Å². The molecule has 3 nitrogen and oxygen atoms in total. The summed E-state index contributed by atoms with van der Waals surface area (Å²) in [5.74, 6) is 0.285. The average Bonchev–Trinajstić information content (AvgIpc) is 2.75. The van der Waals surface area contributed by atoms with Gasteiger partial charge < -0.3 is 15.0 Å². The van der Waals surface area contributed by atoms with Crippen molar-refractivity contribution < 1.29 is 5.11 Å². The lowest BCUT2D eigenvalue weighted by atomic mass is 10.2. The average molecular weight is 246 g/mol. The van der Waals surface area contributed by atoms with Crippen LogP contribution in [-0.4, -0.2) is 22.8 Å². The fraction of sp³-hybridized carbons (Fsp3) is 0.467. The highest BCUT2D eigenvalue weighted by atomic mass is 16.3. The molecule has 98 valence electrons. The monoisotopic (exact) mass is 246 g/mol. The van der Waals surface area contributed by atoms with Gasteiger partial charge >= 0.3 is 0 Å². The molecule has 0 bridgehead atoms. The Labute approximate surface area is 108 Å². The fourth-order valence-corrected chi connectivity index (χ4v) is 2.27. The fourth-order valence-electron chi connectivity index (χ4n) is 2.27. The van der Waals surface area contributed by atoms with E-state index in [9.17, 15) is 5.11 Å². The topological polar surface area (TPSA) is 37.2 Å². The van der Waals surface area contributed by atoms with Gasteiger partial charge in [0.15, 0.2) is 0 Å². The molecule has 0 spiro atoms. The third-order valence-electron chi connectivity index (χ3n) is 3.26. The summed E-state index contributed by atoms with van der Waals surface area (Å²) in [6.07, 6.45) is 2.21. The summed E-state index contributed by atoms with van der Waals surface area (Å²) < 4.78 is 2.25. The molecule has 0 aliphatic rings. The van der Waals surface area contributed by atoms with Gasteiger partial charge in [-0.15, -0.1) is 0 Å². The van der Waals surface area contributed by atoms with E-state index in [0.29, 0.717) is 0 Å². The minimum absolute atomic E-state index is 0.231. The first-order valence-corrected chi connectivity index (χ1v) is 6.64. The molecule has 2 aromatic rings. The van der Waals surface area contributed by atoms with Crippen LogP contribution in [0.2, 0.25) is 0 Å². The third kappa shape index (κ3) is 2.74. The van der Waals surface area contributed by atoms with Crippen molar-refractivity contribution in [3.05, 3.63) is 36.0 Å². The number of hydrogen-bond donors (Lipinski definition) is 2. The second-order valence-corrected chi connectivity index (χ2v) is 4.89. The number of aliphatic hydroxyl groups excluding tert-OH is 1. The van der Waals surface area contributed by atoms with Crippen LogP contribution >= 0.6 is 0 Å². The van der Waals surface area contributed by atoms with E-state index in [1.807, 2.05) is 0 Å². The molecule has 1 atom stereocenters. The number of aliphatic hydroxyl groups is 1. The smallest absolute Gasteiger partial charge is 0.0483 e. The molecular weight excluding hydrogens is 224 g/mol. The van der Waals surface area contributed by atoms with Crippen LogP contribution in [0, 0.1) is 5.92 Å². The van der Waals surface area contributed by atoms with Crippen molar-refractivity contribution in [2.24, 2.45) is 5.92 Å². The molecule has 3 heteroatoms. The van der Waals surface area contributed by atoms with Crippen LogP contribution in [0.25, 0.3) is 10.9 Å². The zero-order chi connectivity index (χ0) is 13.0. The second kappa shape index (κ2) is 6.03. The Morgan fingerprint density at radius 3 is 2.83 bits per heavy atom. The van der Waals surface area contributed by atoms with Gasteiger partial charge in [-0.05, 0) is 24.1 Å². The Hall–Kier alpha value is -1.32. The summed E-state index contributed by atoms with van der Waals surface area (Å²) >= 11 is 0. The first-order valence-electron chi connectivity index (χ1n) is 6.64. The minimum Gasteiger partial charge on any atom is -0.396 e. The van der Waals surface area contributed by atoms with Crippen LogP contribution in [0.3, 0.4) is 0 Å². The zero-order valence-electron chi connectivity index (χ0n) is 11.2. The Kier molecular flexibility index (Phi) is 4.39. The summed E-state index contributed by atoms with van der Waals surface area (Å²) in [6.45, 7) is 7.16. The van der Waals surface area contributed by atoms with E-state index in [0.717, 1.165) is 19.6 Å². The van der Waals surface area contributed by atoms with E-state index in [2.05, 4.69) is 54.2 Å². The molecule has 0 fully saturated rings. The van der Waals surface area contributed by atoms with E-state index in [-0.39, 0.29) is 12.5 Å². The van der Waals surface area contributed by atoms with Crippen LogP contribution in [0.15, 0.2) is 30.5 Å². The number of rotatable bonds is 6. The molecule has 1 unspecified atom stereocenters. The van der Waals surface area contributed by atoms with Crippen molar-refractivity contribution in [2.45, 2.75) is 26.9 Å². The lowest BCUT2D eigenvalue weighted by molar-refractivity contribution is 0.224. The molecule has 18 heavy (non-hydrogen) atoms. The van der Waals surface area contributed by atoms with Crippen LogP contribution in [-0.2, 0) is 13.1 Å². The van der Waals surface area contributed by atoms with Crippen molar-refractivity contribution in [3.8, 4) is 0 Å². The molecule has 0 aliphatic heterocycles. The number of para-hydroxylation sites is 1. The number of nitrogens with one attached hydrogen (secondary N) is 1. The number of aromatic nitrogens is 1. The molecule has 0 aliphatic carbocycles. The SMILES string of the molecule is CCNCc1cn(CC(C)CO)c2ccccc12. The van der Waals surface area contributed by atoms with Crippen LogP contribution in [0.4, 0.5) is 0 Å². The molecule has 0 saturated heterocycles. The first-order chi connectivity index (χ1) is 8.76. The standard InChI is InChI=1S/C15H22N2O/c1-3-16-8-13-10-17(9-12(2)11-18)15-7-5-4-6-14(13)15/h4-7,10,12,16,18H,3,8-9,11H2,1-2H3. The maximum Gasteiger partial charge on any atom is 0.0483 e. The maximum absolute atomic E-state index is 9.19. The van der Waals surface area contributed by atoms with Crippen molar-refractivity contribution in [1.82, 2.24) is 9.88 Å². The Morgan fingerprint density at radius 2 is 2.11 bits per heavy atom. The van der Waals surface area contributed by atoms with Gasteiger partial charge in [-0.3, -0.25) is 0 Å².